The highest BCUT2D eigenvalue weighted by Crippen LogP contribution is 2.33. The Kier molecular flexibility index (Phi) is 8.38. The van der Waals surface area contributed by atoms with Crippen LogP contribution in [0.25, 0.3) is 28.1 Å². The van der Waals surface area contributed by atoms with Crippen LogP contribution in [-0.2, 0) is 14.5 Å². The fourth-order valence-electron chi connectivity index (χ4n) is 6.15. The largest absolute Gasteiger partial charge is 0.446 e. The first kappa shape index (κ1) is 28.8. The molecule has 10 nitrogen and oxygen atoms in total. The maximum Gasteiger partial charge on any atom is 0.408 e. The lowest BCUT2D eigenvalue weighted by Gasteiger charge is -2.30. The fourth-order valence-corrected chi connectivity index (χ4v) is 6.15. The third-order valence-electron chi connectivity index (χ3n) is 8.56. The Morgan fingerprint density at radius 1 is 0.953 bits per heavy atom. The van der Waals surface area contributed by atoms with Crippen molar-refractivity contribution in [2.24, 2.45) is 5.92 Å². The number of hydrogen-bond donors (Lipinski definition) is 3. The Morgan fingerprint density at radius 2 is 1.60 bits per heavy atom. The minimum Gasteiger partial charge on any atom is -0.446 e. The third kappa shape index (κ3) is 6.39. The number of hydroxylamine groups is 3. The molecule has 1 aliphatic carbocycles. The molecule has 1 aromatic heterocycles. The average Bonchev–Trinajstić information content (AvgIpc) is 3.83. The van der Waals surface area contributed by atoms with E-state index in [1.807, 2.05) is 38.2 Å². The van der Waals surface area contributed by atoms with Gasteiger partial charge in [-0.25, -0.2) is 20.3 Å². The summed E-state index contributed by atoms with van der Waals surface area (Å²) in [5.74, 6) is 0.605. The molecule has 0 bridgehead atoms. The number of benzene rings is 2. The maximum atomic E-state index is 13.7. The van der Waals surface area contributed by atoms with Crippen LogP contribution >= 0.6 is 0 Å². The van der Waals surface area contributed by atoms with E-state index in [9.17, 15) is 9.59 Å². The van der Waals surface area contributed by atoms with Gasteiger partial charge >= 0.3 is 6.09 Å². The monoisotopic (exact) mass is 584 g/mol. The highest BCUT2D eigenvalue weighted by molar-refractivity contribution is 5.86. The van der Waals surface area contributed by atoms with E-state index in [1.165, 1.54) is 0 Å². The standard InChI is InChI=1S/C33H40N6O4/c1-21(2)30(36-33(41)42-26-7-4-5-8-26)32(40)39-18-6-9-29(39)31-34-19-27(35-31)24-14-10-22(11-15-24)23-12-16-25(17-13-23)28-20-38(3)43-37-28/h10-17,19-21,26,29-30,37H,4-9,18H2,1-3H3,(H,34,35)(H,36,41). The van der Waals surface area contributed by atoms with Crippen LogP contribution in [0, 0.1) is 5.92 Å². The molecule has 1 saturated carbocycles. The Balaban J connectivity index is 1.11. The van der Waals surface area contributed by atoms with Crippen LogP contribution in [0.4, 0.5) is 4.79 Å². The smallest absolute Gasteiger partial charge is 0.408 e. The Labute approximate surface area is 252 Å². The van der Waals surface area contributed by atoms with E-state index in [-0.39, 0.29) is 24.0 Å². The number of alkyl carbamates (subject to hydrolysis) is 1. The number of aromatic amines is 1. The number of ether oxygens (including phenoxy) is 1. The van der Waals surface area contributed by atoms with Crippen LogP contribution in [0.5, 0.6) is 0 Å². The molecule has 10 heteroatoms. The number of likely N-dealkylation sites (tertiary alicyclic amines) is 1. The summed E-state index contributed by atoms with van der Waals surface area (Å²) in [4.78, 5) is 41.6. The van der Waals surface area contributed by atoms with Gasteiger partial charge in [-0.15, -0.1) is 0 Å². The predicted octanol–water partition coefficient (Wildman–Crippen LogP) is 5.78. The highest BCUT2D eigenvalue weighted by Gasteiger charge is 2.38. The summed E-state index contributed by atoms with van der Waals surface area (Å²) in [7, 11) is 1.83. The van der Waals surface area contributed by atoms with E-state index in [0.717, 1.165) is 78.0 Å². The zero-order chi connectivity index (χ0) is 29.9. The molecule has 0 radical (unpaired) electrons. The number of H-pyrrole nitrogens is 1. The Bertz CT molecular complexity index is 1460. The van der Waals surface area contributed by atoms with Crippen molar-refractivity contribution < 1.29 is 19.3 Å². The second-order valence-corrected chi connectivity index (χ2v) is 12.0. The van der Waals surface area contributed by atoms with Crippen LogP contribution in [0.15, 0.2) is 60.9 Å². The molecule has 0 spiro atoms. The van der Waals surface area contributed by atoms with E-state index >= 15 is 0 Å². The van der Waals surface area contributed by atoms with Gasteiger partial charge in [-0.1, -0.05) is 62.4 Å². The molecule has 2 fully saturated rings. The van der Waals surface area contributed by atoms with Crippen molar-refractivity contribution >= 4 is 17.7 Å². The number of amides is 2. The molecule has 2 unspecified atom stereocenters. The molecule has 3 aromatic rings. The zero-order valence-corrected chi connectivity index (χ0v) is 25.0. The summed E-state index contributed by atoms with van der Waals surface area (Å²) in [6.07, 6.45) is 8.83. The van der Waals surface area contributed by atoms with Crippen molar-refractivity contribution in [1.29, 1.82) is 0 Å². The Morgan fingerprint density at radius 3 is 2.23 bits per heavy atom. The number of rotatable bonds is 8. The summed E-state index contributed by atoms with van der Waals surface area (Å²) in [5, 5.41) is 4.49. The van der Waals surface area contributed by atoms with Crippen molar-refractivity contribution in [2.45, 2.75) is 70.6 Å². The first-order valence-corrected chi connectivity index (χ1v) is 15.3. The number of nitrogens with one attached hydrogen (secondary N) is 3. The van der Waals surface area contributed by atoms with Gasteiger partial charge in [-0.05, 0) is 61.1 Å². The number of imidazole rings is 1. The topological polar surface area (TPSA) is 112 Å². The molecular weight excluding hydrogens is 544 g/mol. The molecule has 226 valence electrons. The summed E-state index contributed by atoms with van der Waals surface area (Å²) in [5.41, 5.74) is 9.02. The number of nitrogens with zero attached hydrogens (tertiary/aromatic N) is 3. The molecule has 3 aliphatic rings. The van der Waals surface area contributed by atoms with Gasteiger partial charge in [0.1, 0.15) is 18.0 Å². The van der Waals surface area contributed by atoms with Crippen molar-refractivity contribution in [3.05, 3.63) is 72.3 Å². The fraction of sp³-hybridized carbons (Fsp3) is 0.424. The molecule has 1 saturated heterocycles. The molecule has 3 N–H and O–H groups in total. The first-order chi connectivity index (χ1) is 20.9. The van der Waals surface area contributed by atoms with Gasteiger partial charge in [0, 0.05) is 19.2 Å². The normalized spacial score (nSPS) is 19.4. The van der Waals surface area contributed by atoms with Crippen molar-refractivity contribution in [2.75, 3.05) is 13.6 Å². The SMILES string of the molecule is CC(C)C(NC(=O)OC1CCCC1)C(=O)N1CCCC1c1ncc(-c2ccc(-c3ccc(C4=CN(C)ON4)cc3)cc2)[nH]1. The van der Waals surface area contributed by atoms with Crippen LogP contribution in [0.1, 0.15) is 69.8 Å². The third-order valence-corrected chi connectivity index (χ3v) is 8.56. The molecule has 43 heavy (non-hydrogen) atoms. The van der Waals surface area contributed by atoms with E-state index in [2.05, 4.69) is 69.3 Å². The number of carbonyl (C=O) groups is 2. The van der Waals surface area contributed by atoms with Gasteiger partial charge in [0.05, 0.1) is 29.8 Å². The van der Waals surface area contributed by atoms with E-state index in [0.29, 0.717) is 6.54 Å². The van der Waals surface area contributed by atoms with Gasteiger partial charge in [-0.2, -0.15) is 4.94 Å². The van der Waals surface area contributed by atoms with Crippen LogP contribution in [0.2, 0.25) is 0 Å². The van der Waals surface area contributed by atoms with Crippen LogP contribution < -0.4 is 10.8 Å². The maximum absolute atomic E-state index is 13.7. The van der Waals surface area contributed by atoms with E-state index in [1.54, 1.807) is 5.06 Å². The predicted molar refractivity (Wildman–Crippen MR) is 164 cm³/mol. The lowest BCUT2D eigenvalue weighted by atomic mass is 10.0. The van der Waals surface area contributed by atoms with Gasteiger partial charge in [0.2, 0.25) is 5.91 Å². The minimum atomic E-state index is -0.647. The summed E-state index contributed by atoms with van der Waals surface area (Å²) >= 11 is 0. The molecule has 3 heterocycles. The summed E-state index contributed by atoms with van der Waals surface area (Å²) in [6.45, 7) is 4.53. The number of hydrogen-bond acceptors (Lipinski definition) is 7. The van der Waals surface area contributed by atoms with Crippen molar-refractivity contribution in [3.8, 4) is 22.4 Å². The van der Waals surface area contributed by atoms with Gasteiger partial charge in [0.25, 0.3) is 0 Å². The lowest BCUT2D eigenvalue weighted by molar-refractivity contribution is -0.135. The molecule has 2 atom stereocenters. The highest BCUT2D eigenvalue weighted by atomic mass is 16.8. The molecule has 2 aliphatic heterocycles. The van der Waals surface area contributed by atoms with Gasteiger partial charge in [-0.3, -0.25) is 4.79 Å². The second-order valence-electron chi connectivity index (χ2n) is 12.0. The van der Waals surface area contributed by atoms with Gasteiger partial charge in [0.15, 0.2) is 0 Å². The second kappa shape index (κ2) is 12.5. The van der Waals surface area contributed by atoms with Crippen LogP contribution in [-0.4, -0.2) is 57.7 Å². The van der Waals surface area contributed by atoms with Crippen molar-refractivity contribution in [3.63, 3.8) is 0 Å². The molecule has 2 amide bonds. The first-order valence-electron chi connectivity index (χ1n) is 15.3. The minimum absolute atomic E-state index is 0.0475. The molecular formula is C33H40N6O4. The number of aromatic nitrogens is 2. The average molecular weight is 585 g/mol. The lowest BCUT2D eigenvalue weighted by Crippen LogP contribution is -2.51. The molecule has 2 aromatic carbocycles. The quantitative estimate of drug-likeness (QED) is 0.308. The van der Waals surface area contributed by atoms with Crippen LogP contribution in [0.3, 0.4) is 0 Å². The van der Waals surface area contributed by atoms with E-state index in [4.69, 9.17) is 9.68 Å². The summed E-state index contributed by atoms with van der Waals surface area (Å²) in [6, 6.07) is 15.9. The van der Waals surface area contributed by atoms with E-state index < -0.39 is 12.1 Å². The van der Waals surface area contributed by atoms with Crippen molar-refractivity contribution in [1.82, 2.24) is 30.7 Å². The number of carbonyl (C=O) groups excluding carboxylic acids is 2. The molecule has 6 rings (SSSR count). The zero-order valence-electron chi connectivity index (χ0n) is 25.0. The summed E-state index contributed by atoms with van der Waals surface area (Å²) < 4.78 is 5.58. The van der Waals surface area contributed by atoms with Gasteiger partial charge < -0.3 is 19.9 Å². The Hall–Kier alpha value is -4.31.